The number of carbonyl (C=O) groups is 2. The molecule has 5 aromatic rings. The Labute approximate surface area is 251 Å². The molecule has 0 atom stereocenters. The first-order valence-electron chi connectivity index (χ1n) is 13.3. The van der Waals surface area contributed by atoms with Gasteiger partial charge in [-0.1, -0.05) is 60.2 Å². The summed E-state index contributed by atoms with van der Waals surface area (Å²) in [5, 5.41) is 2.54. The zero-order valence-electron chi connectivity index (χ0n) is 23.2. The van der Waals surface area contributed by atoms with Crippen molar-refractivity contribution in [3.63, 3.8) is 0 Å². The molecule has 1 amide bonds. The Balaban J connectivity index is 1.42. The lowest BCUT2D eigenvalue weighted by molar-refractivity contribution is -0.137. The number of rotatable bonds is 8. The van der Waals surface area contributed by atoms with E-state index in [-0.39, 0.29) is 28.4 Å². The lowest BCUT2D eigenvalue weighted by Crippen LogP contribution is -2.19. The number of nitrogens with zero attached hydrogens (tertiary/aromatic N) is 1. The van der Waals surface area contributed by atoms with E-state index >= 15 is 0 Å². The lowest BCUT2D eigenvalue weighted by Gasteiger charge is -2.11. The van der Waals surface area contributed by atoms with Gasteiger partial charge in [-0.3, -0.25) is 4.79 Å². The predicted octanol–water partition coefficient (Wildman–Crippen LogP) is 7.33. The molecule has 0 radical (unpaired) electrons. The highest BCUT2D eigenvalue weighted by atomic mass is 32.2. The smallest absolute Gasteiger partial charge is 0.416 e. The van der Waals surface area contributed by atoms with Crippen LogP contribution in [0.3, 0.4) is 0 Å². The van der Waals surface area contributed by atoms with Crippen molar-refractivity contribution in [3.05, 3.63) is 143 Å². The Morgan fingerprint density at radius 3 is 2.07 bits per heavy atom. The minimum Gasteiger partial charge on any atom is -0.456 e. The Bertz CT molecular complexity index is 1900. The van der Waals surface area contributed by atoms with Crippen molar-refractivity contribution < 1.29 is 35.9 Å². The molecule has 0 saturated carbocycles. The van der Waals surface area contributed by atoms with Crippen LogP contribution >= 0.6 is 0 Å². The van der Waals surface area contributed by atoms with E-state index in [4.69, 9.17) is 4.74 Å². The molecule has 1 N–H and O–H groups in total. The fourth-order valence-electron chi connectivity index (χ4n) is 4.33. The van der Waals surface area contributed by atoms with Crippen molar-refractivity contribution in [1.29, 1.82) is 0 Å². The molecule has 7 nitrogen and oxygen atoms in total. The zero-order valence-corrected chi connectivity index (χ0v) is 24.0. The highest BCUT2D eigenvalue weighted by molar-refractivity contribution is 7.90. The van der Waals surface area contributed by atoms with Crippen molar-refractivity contribution in [3.8, 4) is 11.1 Å². The molecule has 5 rings (SSSR count). The number of hydrogen-bond acceptors (Lipinski definition) is 5. The lowest BCUT2D eigenvalue weighted by atomic mass is 10.1. The number of halogens is 3. The maximum absolute atomic E-state index is 13.6. The van der Waals surface area contributed by atoms with Crippen molar-refractivity contribution in [1.82, 2.24) is 3.97 Å². The van der Waals surface area contributed by atoms with Gasteiger partial charge in [0.1, 0.15) is 12.3 Å². The van der Waals surface area contributed by atoms with E-state index in [1.165, 1.54) is 36.5 Å². The summed E-state index contributed by atoms with van der Waals surface area (Å²) in [5.74, 6) is -1.40. The third-order valence-corrected chi connectivity index (χ3v) is 8.42. The van der Waals surface area contributed by atoms with E-state index < -0.39 is 33.6 Å². The molecule has 0 fully saturated rings. The number of aryl methyl sites for hydroxylation is 1. The van der Waals surface area contributed by atoms with Gasteiger partial charge in [0.15, 0.2) is 0 Å². The summed E-state index contributed by atoms with van der Waals surface area (Å²) in [4.78, 5) is 25.9. The highest BCUT2D eigenvalue weighted by Crippen LogP contribution is 2.30. The molecule has 0 aliphatic heterocycles. The van der Waals surface area contributed by atoms with E-state index in [0.29, 0.717) is 11.1 Å². The molecule has 0 bridgehead atoms. The maximum atomic E-state index is 13.6. The largest absolute Gasteiger partial charge is 0.456 e. The van der Waals surface area contributed by atoms with Crippen LogP contribution in [0.1, 0.15) is 37.5 Å². The number of aromatic nitrogens is 1. The summed E-state index contributed by atoms with van der Waals surface area (Å²) < 4.78 is 72.0. The second-order valence-corrected chi connectivity index (χ2v) is 11.7. The van der Waals surface area contributed by atoms with Crippen LogP contribution in [0, 0.1) is 6.92 Å². The minimum absolute atomic E-state index is 0.0161. The van der Waals surface area contributed by atoms with Gasteiger partial charge in [0.25, 0.3) is 15.9 Å². The summed E-state index contributed by atoms with van der Waals surface area (Å²) in [5.41, 5.74) is 1.83. The minimum atomic E-state index is -4.49. The molecule has 1 aromatic heterocycles. The Morgan fingerprint density at radius 1 is 0.818 bits per heavy atom. The number of amides is 1. The first-order valence-corrected chi connectivity index (χ1v) is 14.7. The average molecular weight is 619 g/mol. The van der Waals surface area contributed by atoms with Crippen LogP contribution in [0.4, 0.5) is 18.9 Å². The van der Waals surface area contributed by atoms with Crippen LogP contribution in [0.2, 0.25) is 0 Å². The van der Waals surface area contributed by atoms with Crippen LogP contribution in [-0.2, 0) is 27.5 Å². The van der Waals surface area contributed by atoms with E-state index in [9.17, 15) is 31.2 Å². The Morgan fingerprint density at radius 2 is 1.45 bits per heavy atom. The molecule has 0 aliphatic rings. The van der Waals surface area contributed by atoms with Gasteiger partial charge >= 0.3 is 12.1 Å². The SMILES string of the molecule is Cc1ccc(S(=O)(=O)n2cc(-c3ccc(C(=O)Nc4ccc(C(F)(F)F)cc4)cc3)cc2C(=O)OCc2ccccc2)cc1. The molecule has 0 unspecified atom stereocenters. The van der Waals surface area contributed by atoms with Gasteiger partial charge in [-0.15, -0.1) is 0 Å². The normalized spacial score (nSPS) is 11.6. The second-order valence-electron chi connectivity index (χ2n) is 9.90. The molecular formula is C33H25F3N2O5S. The summed E-state index contributed by atoms with van der Waals surface area (Å²) in [7, 11) is -4.19. The first kappa shape index (κ1) is 30.3. The van der Waals surface area contributed by atoms with Crippen LogP contribution < -0.4 is 5.32 Å². The molecule has 0 aliphatic carbocycles. The third-order valence-electron chi connectivity index (χ3n) is 6.74. The summed E-state index contributed by atoms with van der Waals surface area (Å²) in [6.07, 6.45) is -3.18. The molecule has 0 spiro atoms. The summed E-state index contributed by atoms with van der Waals surface area (Å²) in [6, 6.07) is 26.7. The van der Waals surface area contributed by atoms with Crippen LogP contribution in [0.15, 0.2) is 120 Å². The standard InChI is InChI=1S/C33H25F3N2O5S/c1-22-7-17-29(18-8-22)44(41,42)38-20-26(19-30(38)32(40)43-21-23-5-3-2-4-6-23)24-9-11-25(12-10-24)31(39)37-28-15-13-27(14-16-28)33(34,35)36/h2-20H,21H2,1H3,(H,37,39). The molecule has 224 valence electrons. The second kappa shape index (κ2) is 12.2. The Kier molecular flexibility index (Phi) is 8.41. The predicted molar refractivity (Wildman–Crippen MR) is 159 cm³/mol. The van der Waals surface area contributed by atoms with Crippen molar-refractivity contribution in [2.75, 3.05) is 5.32 Å². The zero-order chi connectivity index (χ0) is 31.5. The van der Waals surface area contributed by atoms with Gasteiger partial charge < -0.3 is 10.1 Å². The van der Waals surface area contributed by atoms with Gasteiger partial charge in [0.05, 0.1) is 10.5 Å². The van der Waals surface area contributed by atoms with E-state index in [0.717, 1.165) is 39.4 Å². The van der Waals surface area contributed by atoms with Crippen molar-refractivity contribution in [2.45, 2.75) is 24.6 Å². The monoisotopic (exact) mass is 618 g/mol. The molecule has 0 saturated heterocycles. The molecular weight excluding hydrogens is 593 g/mol. The van der Waals surface area contributed by atoms with Crippen molar-refractivity contribution >= 4 is 27.6 Å². The number of anilines is 1. The number of alkyl halides is 3. The number of benzene rings is 4. The number of ether oxygens (including phenoxy) is 1. The van der Waals surface area contributed by atoms with Crippen LogP contribution in [0.25, 0.3) is 11.1 Å². The van der Waals surface area contributed by atoms with E-state index in [2.05, 4.69) is 5.32 Å². The van der Waals surface area contributed by atoms with E-state index in [1.807, 2.05) is 13.0 Å². The fraction of sp³-hybridized carbons (Fsp3) is 0.0909. The third kappa shape index (κ3) is 6.73. The maximum Gasteiger partial charge on any atom is 0.416 e. The topological polar surface area (TPSA) is 94.5 Å². The summed E-state index contributed by atoms with van der Waals surface area (Å²) in [6.45, 7) is 1.76. The van der Waals surface area contributed by atoms with E-state index in [1.54, 1.807) is 48.5 Å². The van der Waals surface area contributed by atoms with Crippen LogP contribution in [-0.4, -0.2) is 24.3 Å². The molecule has 11 heteroatoms. The van der Waals surface area contributed by atoms with Gasteiger partial charge in [-0.25, -0.2) is 17.2 Å². The fourth-order valence-corrected chi connectivity index (χ4v) is 5.68. The highest BCUT2D eigenvalue weighted by Gasteiger charge is 2.30. The van der Waals surface area contributed by atoms with Gasteiger partial charge in [0.2, 0.25) is 0 Å². The number of hydrogen-bond donors (Lipinski definition) is 1. The van der Waals surface area contributed by atoms with Crippen LogP contribution in [0.5, 0.6) is 0 Å². The van der Waals surface area contributed by atoms with Gasteiger partial charge in [0, 0.05) is 23.0 Å². The van der Waals surface area contributed by atoms with Crippen molar-refractivity contribution in [2.24, 2.45) is 0 Å². The number of esters is 1. The quantitative estimate of drug-likeness (QED) is 0.184. The van der Waals surface area contributed by atoms with Gasteiger partial charge in [-0.05, 0) is 72.6 Å². The number of nitrogens with one attached hydrogen (secondary N) is 1. The molecule has 4 aromatic carbocycles. The Hall–Kier alpha value is -5.16. The first-order chi connectivity index (χ1) is 20.9. The molecule has 44 heavy (non-hydrogen) atoms. The number of carbonyl (C=O) groups excluding carboxylic acids is 2. The average Bonchev–Trinajstić information content (AvgIpc) is 3.47. The summed E-state index contributed by atoms with van der Waals surface area (Å²) >= 11 is 0. The van der Waals surface area contributed by atoms with Gasteiger partial charge in [-0.2, -0.15) is 13.2 Å². The molecule has 1 heterocycles.